The standard InChI is InChI=1S/C16H17NO2S/c18-13-6-4-11(5-7-13)8-9-17-16(19)15-10-12-2-1-3-14(12)20-15/h4-7,10,18H,1-3,8-9H2,(H,17,19). The van der Waals surface area contributed by atoms with Crippen molar-refractivity contribution in [1.29, 1.82) is 0 Å². The lowest BCUT2D eigenvalue weighted by Crippen LogP contribution is -2.24. The Kier molecular flexibility index (Phi) is 3.74. The van der Waals surface area contributed by atoms with Crippen LogP contribution in [0, 0.1) is 0 Å². The van der Waals surface area contributed by atoms with Crippen LogP contribution in [0.3, 0.4) is 0 Å². The molecule has 0 atom stereocenters. The van der Waals surface area contributed by atoms with Crippen molar-refractivity contribution in [1.82, 2.24) is 5.32 Å². The second kappa shape index (κ2) is 5.67. The summed E-state index contributed by atoms with van der Waals surface area (Å²) in [6.07, 6.45) is 4.24. The number of phenols is 1. The maximum absolute atomic E-state index is 12.1. The van der Waals surface area contributed by atoms with Crippen LogP contribution in [-0.2, 0) is 19.3 Å². The smallest absolute Gasteiger partial charge is 0.261 e. The summed E-state index contributed by atoms with van der Waals surface area (Å²) >= 11 is 1.63. The minimum atomic E-state index is 0.0307. The number of amides is 1. The van der Waals surface area contributed by atoms with Crippen LogP contribution >= 0.6 is 11.3 Å². The Balaban J connectivity index is 1.52. The van der Waals surface area contributed by atoms with Gasteiger partial charge in [-0.15, -0.1) is 11.3 Å². The second-order valence-electron chi connectivity index (χ2n) is 5.08. The number of hydrogen-bond acceptors (Lipinski definition) is 3. The number of aromatic hydroxyl groups is 1. The fourth-order valence-electron chi connectivity index (χ4n) is 2.51. The predicted octanol–water partition coefficient (Wildman–Crippen LogP) is 2.91. The van der Waals surface area contributed by atoms with Crippen molar-refractivity contribution < 1.29 is 9.90 Å². The van der Waals surface area contributed by atoms with Crippen molar-refractivity contribution in [2.45, 2.75) is 25.7 Å². The average Bonchev–Trinajstić information content (AvgIpc) is 3.02. The van der Waals surface area contributed by atoms with Gasteiger partial charge in [-0.2, -0.15) is 0 Å². The first-order valence-electron chi connectivity index (χ1n) is 6.90. The molecule has 1 aromatic heterocycles. The van der Waals surface area contributed by atoms with Gasteiger partial charge in [0.05, 0.1) is 4.88 Å². The molecule has 3 rings (SSSR count). The Morgan fingerprint density at radius 3 is 2.80 bits per heavy atom. The highest BCUT2D eigenvalue weighted by atomic mass is 32.1. The summed E-state index contributed by atoms with van der Waals surface area (Å²) in [6, 6.07) is 9.13. The summed E-state index contributed by atoms with van der Waals surface area (Å²) in [7, 11) is 0. The molecule has 0 saturated carbocycles. The number of carbonyl (C=O) groups is 1. The fraction of sp³-hybridized carbons (Fsp3) is 0.312. The second-order valence-corrected chi connectivity index (χ2v) is 6.22. The monoisotopic (exact) mass is 287 g/mol. The van der Waals surface area contributed by atoms with E-state index in [-0.39, 0.29) is 11.7 Å². The van der Waals surface area contributed by atoms with Crippen molar-refractivity contribution in [3.8, 4) is 5.75 Å². The van der Waals surface area contributed by atoms with Gasteiger partial charge in [0.25, 0.3) is 5.91 Å². The Bertz CT molecular complexity index is 594. The third-order valence-corrected chi connectivity index (χ3v) is 4.84. The van der Waals surface area contributed by atoms with E-state index in [2.05, 4.69) is 5.32 Å². The summed E-state index contributed by atoms with van der Waals surface area (Å²) in [5, 5.41) is 12.2. The molecule has 1 aliphatic rings. The molecule has 0 fully saturated rings. The lowest BCUT2D eigenvalue weighted by Gasteiger charge is -2.04. The first kappa shape index (κ1) is 13.2. The minimum Gasteiger partial charge on any atom is -0.508 e. The number of benzene rings is 1. The van der Waals surface area contributed by atoms with Gasteiger partial charge >= 0.3 is 0 Å². The number of aryl methyl sites for hydroxylation is 2. The van der Waals surface area contributed by atoms with Crippen LogP contribution in [-0.4, -0.2) is 17.6 Å². The molecule has 0 bridgehead atoms. The van der Waals surface area contributed by atoms with Gasteiger partial charge < -0.3 is 10.4 Å². The molecule has 0 saturated heterocycles. The molecule has 3 nitrogen and oxygen atoms in total. The third kappa shape index (κ3) is 2.85. The zero-order valence-corrected chi connectivity index (χ0v) is 12.0. The van der Waals surface area contributed by atoms with Crippen molar-refractivity contribution in [3.63, 3.8) is 0 Å². The quantitative estimate of drug-likeness (QED) is 0.908. The summed E-state index contributed by atoms with van der Waals surface area (Å²) in [5.41, 5.74) is 2.47. The van der Waals surface area contributed by atoms with E-state index < -0.39 is 0 Å². The number of thiophene rings is 1. The molecular weight excluding hydrogens is 270 g/mol. The number of nitrogens with one attached hydrogen (secondary N) is 1. The molecule has 0 unspecified atom stereocenters. The van der Waals surface area contributed by atoms with Gasteiger partial charge in [-0.1, -0.05) is 12.1 Å². The molecule has 104 valence electrons. The lowest BCUT2D eigenvalue weighted by molar-refractivity contribution is 0.0958. The van der Waals surface area contributed by atoms with Crippen molar-refractivity contribution in [2.75, 3.05) is 6.54 Å². The number of fused-ring (bicyclic) bond motifs is 1. The largest absolute Gasteiger partial charge is 0.508 e. The SMILES string of the molecule is O=C(NCCc1ccc(O)cc1)c1cc2c(s1)CCC2. The van der Waals surface area contributed by atoms with E-state index >= 15 is 0 Å². The molecule has 0 aliphatic heterocycles. The van der Waals surface area contributed by atoms with Crippen LogP contribution < -0.4 is 5.32 Å². The Labute approximate surface area is 122 Å². The molecule has 1 aliphatic carbocycles. The Morgan fingerprint density at radius 2 is 2.05 bits per heavy atom. The molecule has 1 aromatic carbocycles. The molecule has 2 N–H and O–H groups in total. The van der Waals surface area contributed by atoms with E-state index in [9.17, 15) is 9.90 Å². The molecule has 0 radical (unpaired) electrons. The molecule has 1 heterocycles. The van der Waals surface area contributed by atoms with Crippen molar-refractivity contribution >= 4 is 17.2 Å². The van der Waals surface area contributed by atoms with Gasteiger partial charge in [0.1, 0.15) is 5.75 Å². The molecule has 0 spiro atoms. The first-order valence-corrected chi connectivity index (χ1v) is 7.72. The molecule has 2 aromatic rings. The van der Waals surface area contributed by atoms with E-state index in [1.54, 1.807) is 23.5 Å². The third-order valence-electron chi connectivity index (χ3n) is 3.61. The van der Waals surface area contributed by atoms with Crippen molar-refractivity contribution in [2.24, 2.45) is 0 Å². The first-order chi connectivity index (χ1) is 9.72. The minimum absolute atomic E-state index is 0.0307. The molecular formula is C16H17NO2S. The summed E-state index contributed by atoms with van der Waals surface area (Å²) in [4.78, 5) is 14.3. The maximum Gasteiger partial charge on any atom is 0.261 e. The van der Waals surface area contributed by atoms with Gasteiger partial charge in [-0.05, 0) is 55.0 Å². The summed E-state index contributed by atoms with van der Waals surface area (Å²) < 4.78 is 0. The van der Waals surface area contributed by atoms with Crippen LogP contribution in [0.25, 0.3) is 0 Å². The van der Waals surface area contributed by atoms with Crippen LogP contribution in [0.5, 0.6) is 5.75 Å². The zero-order valence-electron chi connectivity index (χ0n) is 11.2. The topological polar surface area (TPSA) is 49.3 Å². The fourth-order valence-corrected chi connectivity index (χ4v) is 3.68. The molecule has 1 amide bonds. The van der Waals surface area contributed by atoms with Crippen LogP contribution in [0.15, 0.2) is 30.3 Å². The average molecular weight is 287 g/mol. The highest BCUT2D eigenvalue weighted by Crippen LogP contribution is 2.30. The predicted molar refractivity (Wildman–Crippen MR) is 80.5 cm³/mol. The van der Waals surface area contributed by atoms with Gasteiger partial charge in [0, 0.05) is 11.4 Å². The highest BCUT2D eigenvalue weighted by Gasteiger charge is 2.17. The van der Waals surface area contributed by atoms with E-state index in [1.807, 2.05) is 18.2 Å². The van der Waals surface area contributed by atoms with E-state index in [4.69, 9.17) is 0 Å². The van der Waals surface area contributed by atoms with E-state index in [0.29, 0.717) is 6.54 Å². The van der Waals surface area contributed by atoms with Gasteiger partial charge in [-0.3, -0.25) is 4.79 Å². The van der Waals surface area contributed by atoms with E-state index in [1.165, 1.54) is 16.9 Å². The maximum atomic E-state index is 12.1. The summed E-state index contributed by atoms with van der Waals surface area (Å²) in [6.45, 7) is 0.617. The number of phenolic OH excluding ortho intramolecular Hbond substituents is 1. The van der Waals surface area contributed by atoms with Crippen LogP contribution in [0.4, 0.5) is 0 Å². The van der Waals surface area contributed by atoms with Crippen LogP contribution in [0.2, 0.25) is 0 Å². The number of rotatable bonds is 4. The molecule has 4 heteroatoms. The Hall–Kier alpha value is -1.81. The van der Waals surface area contributed by atoms with Crippen molar-refractivity contribution in [3.05, 3.63) is 51.2 Å². The van der Waals surface area contributed by atoms with Gasteiger partial charge in [-0.25, -0.2) is 0 Å². The molecule has 20 heavy (non-hydrogen) atoms. The van der Waals surface area contributed by atoms with Gasteiger partial charge in [0.2, 0.25) is 0 Å². The summed E-state index contributed by atoms with van der Waals surface area (Å²) in [5.74, 6) is 0.300. The van der Waals surface area contributed by atoms with E-state index in [0.717, 1.165) is 29.7 Å². The van der Waals surface area contributed by atoms with Gasteiger partial charge in [0.15, 0.2) is 0 Å². The lowest BCUT2D eigenvalue weighted by atomic mass is 10.1. The zero-order chi connectivity index (χ0) is 13.9. The normalized spacial score (nSPS) is 13.2. The highest BCUT2D eigenvalue weighted by molar-refractivity contribution is 7.14. The Morgan fingerprint density at radius 1 is 1.25 bits per heavy atom. The number of hydrogen-bond donors (Lipinski definition) is 2. The van der Waals surface area contributed by atoms with Crippen LogP contribution in [0.1, 0.15) is 32.1 Å². The number of carbonyl (C=O) groups excluding carboxylic acids is 1.